The smallest absolute Gasteiger partial charge is 0.257 e. The lowest BCUT2D eigenvalue weighted by molar-refractivity contribution is -0.122. The number of benzene rings is 2. The Morgan fingerprint density at radius 2 is 1.87 bits per heavy atom. The van der Waals surface area contributed by atoms with Gasteiger partial charge < -0.3 is 10.2 Å². The molecule has 2 heterocycles. The van der Waals surface area contributed by atoms with Crippen molar-refractivity contribution in [1.82, 2.24) is 20.2 Å². The van der Waals surface area contributed by atoms with Crippen LogP contribution in [0.3, 0.4) is 0 Å². The van der Waals surface area contributed by atoms with E-state index in [9.17, 15) is 9.59 Å². The molecular weight excluding hydrogens is 388 g/mol. The molecule has 156 valence electrons. The zero-order chi connectivity index (χ0) is 21.2. The second-order valence-corrected chi connectivity index (χ2v) is 8.11. The fourth-order valence-electron chi connectivity index (χ4n) is 4.49. The Balaban J connectivity index is 1.30. The summed E-state index contributed by atoms with van der Waals surface area (Å²) in [4.78, 5) is 36.6. The SMILES string of the molecule is O=C(CN1CCCc2nc(-c3ccccc3)ncc2C1=O)NC1CCc2ccccc21. The molecule has 2 amide bonds. The first-order valence-corrected chi connectivity index (χ1v) is 10.8. The molecule has 1 aliphatic carbocycles. The summed E-state index contributed by atoms with van der Waals surface area (Å²) >= 11 is 0. The van der Waals surface area contributed by atoms with E-state index in [-0.39, 0.29) is 24.4 Å². The zero-order valence-electron chi connectivity index (χ0n) is 17.3. The van der Waals surface area contributed by atoms with Gasteiger partial charge in [-0.1, -0.05) is 54.6 Å². The van der Waals surface area contributed by atoms with E-state index in [1.165, 1.54) is 11.1 Å². The third-order valence-corrected chi connectivity index (χ3v) is 6.06. The van der Waals surface area contributed by atoms with Crippen LogP contribution in [-0.2, 0) is 17.6 Å². The zero-order valence-corrected chi connectivity index (χ0v) is 17.3. The minimum Gasteiger partial charge on any atom is -0.348 e. The van der Waals surface area contributed by atoms with Crippen molar-refractivity contribution in [3.8, 4) is 11.4 Å². The van der Waals surface area contributed by atoms with E-state index in [0.717, 1.165) is 30.5 Å². The molecule has 2 aromatic carbocycles. The van der Waals surface area contributed by atoms with Crippen molar-refractivity contribution >= 4 is 11.8 Å². The molecule has 31 heavy (non-hydrogen) atoms. The summed E-state index contributed by atoms with van der Waals surface area (Å²) in [6.07, 6.45) is 4.94. The highest BCUT2D eigenvalue weighted by Gasteiger charge is 2.28. The molecule has 0 saturated heterocycles. The van der Waals surface area contributed by atoms with Crippen molar-refractivity contribution in [3.05, 3.63) is 83.2 Å². The number of fused-ring (bicyclic) bond motifs is 2. The third kappa shape index (κ3) is 3.93. The van der Waals surface area contributed by atoms with Gasteiger partial charge >= 0.3 is 0 Å². The van der Waals surface area contributed by atoms with Crippen LogP contribution in [0, 0.1) is 0 Å². The van der Waals surface area contributed by atoms with Gasteiger partial charge in [0.1, 0.15) is 0 Å². The number of carbonyl (C=O) groups is 2. The van der Waals surface area contributed by atoms with Crippen LogP contribution in [0.1, 0.15) is 46.1 Å². The van der Waals surface area contributed by atoms with Crippen LogP contribution < -0.4 is 5.32 Å². The van der Waals surface area contributed by atoms with Gasteiger partial charge in [-0.15, -0.1) is 0 Å². The van der Waals surface area contributed by atoms with E-state index in [0.29, 0.717) is 24.4 Å². The molecule has 0 fully saturated rings. The lowest BCUT2D eigenvalue weighted by Gasteiger charge is -2.22. The fourth-order valence-corrected chi connectivity index (χ4v) is 4.49. The summed E-state index contributed by atoms with van der Waals surface area (Å²) in [6, 6.07) is 18.0. The Kier molecular flexibility index (Phi) is 5.20. The molecule has 1 unspecified atom stereocenters. The number of amides is 2. The normalized spacial score (nSPS) is 17.6. The Morgan fingerprint density at radius 3 is 2.74 bits per heavy atom. The molecule has 0 saturated carbocycles. The molecule has 0 radical (unpaired) electrons. The maximum absolute atomic E-state index is 13.1. The van der Waals surface area contributed by atoms with Gasteiger partial charge in [-0.3, -0.25) is 9.59 Å². The Labute approximate surface area is 181 Å². The number of aromatic nitrogens is 2. The number of hydrogen-bond acceptors (Lipinski definition) is 4. The van der Waals surface area contributed by atoms with Crippen LogP contribution >= 0.6 is 0 Å². The van der Waals surface area contributed by atoms with Gasteiger partial charge in [0.2, 0.25) is 5.91 Å². The van der Waals surface area contributed by atoms with E-state index in [1.54, 1.807) is 11.1 Å². The van der Waals surface area contributed by atoms with Crippen LogP contribution in [0.5, 0.6) is 0 Å². The maximum Gasteiger partial charge on any atom is 0.257 e. The highest BCUT2D eigenvalue weighted by Crippen LogP contribution is 2.30. The van der Waals surface area contributed by atoms with Gasteiger partial charge in [0.05, 0.1) is 23.8 Å². The van der Waals surface area contributed by atoms with Crippen molar-refractivity contribution in [1.29, 1.82) is 0 Å². The summed E-state index contributed by atoms with van der Waals surface area (Å²) in [7, 11) is 0. The summed E-state index contributed by atoms with van der Waals surface area (Å²) in [5, 5.41) is 3.11. The molecule has 0 bridgehead atoms. The quantitative estimate of drug-likeness (QED) is 0.713. The number of hydrogen-bond donors (Lipinski definition) is 1. The Bertz CT molecular complexity index is 1130. The second-order valence-electron chi connectivity index (χ2n) is 8.11. The van der Waals surface area contributed by atoms with Crippen LogP contribution in [0.25, 0.3) is 11.4 Å². The number of nitrogens with zero attached hydrogens (tertiary/aromatic N) is 3. The molecule has 2 aliphatic rings. The van der Waals surface area contributed by atoms with Crippen LogP contribution in [0.4, 0.5) is 0 Å². The summed E-state index contributed by atoms with van der Waals surface area (Å²) in [6.45, 7) is 0.585. The van der Waals surface area contributed by atoms with E-state index >= 15 is 0 Å². The van der Waals surface area contributed by atoms with E-state index < -0.39 is 0 Å². The molecule has 6 nitrogen and oxygen atoms in total. The predicted octanol–water partition coefficient (Wildman–Crippen LogP) is 3.34. The number of carbonyl (C=O) groups excluding carboxylic acids is 2. The molecule has 1 N–H and O–H groups in total. The molecule has 1 aliphatic heterocycles. The molecular formula is C25H24N4O2. The maximum atomic E-state index is 13.1. The third-order valence-electron chi connectivity index (χ3n) is 6.06. The minimum atomic E-state index is -0.172. The Morgan fingerprint density at radius 1 is 1.06 bits per heavy atom. The van der Waals surface area contributed by atoms with E-state index in [1.807, 2.05) is 42.5 Å². The van der Waals surface area contributed by atoms with Crippen LogP contribution in [0.15, 0.2) is 60.8 Å². The monoisotopic (exact) mass is 412 g/mol. The van der Waals surface area contributed by atoms with Crippen molar-refractivity contribution in [3.63, 3.8) is 0 Å². The van der Waals surface area contributed by atoms with Crippen molar-refractivity contribution in [2.24, 2.45) is 0 Å². The van der Waals surface area contributed by atoms with Gasteiger partial charge in [-0.2, -0.15) is 0 Å². The first-order valence-electron chi connectivity index (χ1n) is 10.8. The van der Waals surface area contributed by atoms with E-state index in [4.69, 9.17) is 0 Å². The summed E-state index contributed by atoms with van der Waals surface area (Å²) < 4.78 is 0. The molecule has 6 heteroatoms. The van der Waals surface area contributed by atoms with Crippen molar-refractivity contribution in [2.45, 2.75) is 31.7 Å². The van der Waals surface area contributed by atoms with Crippen LogP contribution in [-0.4, -0.2) is 39.8 Å². The number of rotatable bonds is 4. The van der Waals surface area contributed by atoms with Crippen LogP contribution in [0.2, 0.25) is 0 Å². The lowest BCUT2D eigenvalue weighted by Crippen LogP contribution is -2.41. The van der Waals surface area contributed by atoms with E-state index in [2.05, 4.69) is 27.4 Å². The molecule has 1 aromatic heterocycles. The molecule has 0 spiro atoms. The predicted molar refractivity (Wildman–Crippen MR) is 117 cm³/mol. The average molecular weight is 412 g/mol. The highest BCUT2D eigenvalue weighted by molar-refractivity contribution is 5.97. The van der Waals surface area contributed by atoms with Gasteiger partial charge in [0.15, 0.2) is 5.82 Å². The first kappa shape index (κ1) is 19.4. The summed E-state index contributed by atoms with van der Waals surface area (Å²) in [5.74, 6) is 0.327. The van der Waals surface area contributed by atoms with Crippen molar-refractivity contribution < 1.29 is 9.59 Å². The fraction of sp³-hybridized carbons (Fsp3) is 0.280. The average Bonchev–Trinajstić information content (AvgIpc) is 3.14. The van der Waals surface area contributed by atoms with Gasteiger partial charge in [0.25, 0.3) is 5.91 Å². The standard InChI is InChI=1S/C25H24N4O2/c30-23(27-22-13-12-17-7-4-5-10-19(17)22)16-29-14-6-11-21-20(25(29)31)15-26-24(28-21)18-8-2-1-3-9-18/h1-5,7-10,15,22H,6,11-14,16H2,(H,27,30). The first-order chi connectivity index (χ1) is 15.2. The molecule has 3 aromatic rings. The number of aryl methyl sites for hydroxylation is 2. The topological polar surface area (TPSA) is 75.2 Å². The highest BCUT2D eigenvalue weighted by atomic mass is 16.2. The van der Waals surface area contributed by atoms with Gasteiger partial charge in [-0.25, -0.2) is 9.97 Å². The largest absolute Gasteiger partial charge is 0.348 e. The van der Waals surface area contributed by atoms with Gasteiger partial charge in [0, 0.05) is 18.3 Å². The number of nitrogens with one attached hydrogen (secondary N) is 1. The molecule has 5 rings (SSSR count). The summed E-state index contributed by atoms with van der Waals surface area (Å²) in [5.41, 5.74) is 4.65. The second kappa shape index (κ2) is 8.30. The molecule has 1 atom stereocenters. The van der Waals surface area contributed by atoms with Gasteiger partial charge in [-0.05, 0) is 36.8 Å². The van der Waals surface area contributed by atoms with Crippen molar-refractivity contribution in [2.75, 3.05) is 13.1 Å². The Hall–Kier alpha value is -3.54. The lowest BCUT2D eigenvalue weighted by atomic mass is 10.1. The minimum absolute atomic E-state index is 0.0230.